The Morgan fingerprint density at radius 1 is 0.946 bits per heavy atom. The molecule has 2 amide bonds. The van der Waals surface area contributed by atoms with Gasteiger partial charge >= 0.3 is 0 Å². The van der Waals surface area contributed by atoms with Crippen molar-refractivity contribution in [1.82, 2.24) is 5.43 Å². The Hall–Kier alpha value is -4.24. The highest BCUT2D eigenvalue weighted by molar-refractivity contribution is 6.32. The molecule has 2 N–H and O–H groups in total. The lowest BCUT2D eigenvalue weighted by Gasteiger charge is -2.13. The number of rotatable bonds is 11. The summed E-state index contributed by atoms with van der Waals surface area (Å²) in [4.78, 5) is 24.8. The fourth-order valence-electron chi connectivity index (χ4n) is 3.24. The number of methoxy groups -OCH3 is 2. The van der Waals surface area contributed by atoms with Crippen LogP contribution < -0.4 is 29.7 Å². The second-order valence-electron chi connectivity index (χ2n) is 7.73. The smallest absolute Gasteiger partial charge is 0.271 e. The molecule has 0 spiro atoms. The van der Waals surface area contributed by atoms with Gasteiger partial charge in [-0.3, -0.25) is 9.59 Å². The number of carbonyl (C=O) groups is 2. The summed E-state index contributed by atoms with van der Waals surface area (Å²) in [6.07, 6.45) is 1.41. The van der Waals surface area contributed by atoms with Gasteiger partial charge < -0.3 is 24.3 Å². The van der Waals surface area contributed by atoms with Gasteiger partial charge in [0.1, 0.15) is 0 Å². The molecule has 3 rings (SSSR count). The number of hydrogen-bond acceptors (Lipinski definition) is 7. The number of hydrazone groups is 1. The molecule has 0 radical (unpaired) electrons. The van der Waals surface area contributed by atoms with Crippen molar-refractivity contribution in [3.05, 3.63) is 76.3 Å². The Balaban J connectivity index is 1.63. The maximum atomic E-state index is 12.5. The van der Waals surface area contributed by atoms with Gasteiger partial charge in [0.25, 0.3) is 11.8 Å². The summed E-state index contributed by atoms with van der Waals surface area (Å²) in [5.74, 6) is 0.727. The van der Waals surface area contributed by atoms with Crippen molar-refractivity contribution >= 4 is 35.3 Å². The number of aryl methyl sites for hydroxylation is 1. The van der Waals surface area contributed by atoms with Crippen molar-refractivity contribution in [1.29, 1.82) is 0 Å². The summed E-state index contributed by atoms with van der Waals surface area (Å²) in [6, 6.07) is 15.4. The number of nitrogens with one attached hydrogen (secondary N) is 2. The Bertz CT molecular complexity index is 1280. The normalized spacial score (nSPS) is 10.6. The molecule has 0 aliphatic carbocycles. The zero-order chi connectivity index (χ0) is 26.8. The minimum absolute atomic E-state index is 0.214. The van der Waals surface area contributed by atoms with Crippen LogP contribution in [0.4, 0.5) is 5.69 Å². The molecule has 9 nitrogen and oxygen atoms in total. The first-order chi connectivity index (χ1) is 17.8. The van der Waals surface area contributed by atoms with Crippen LogP contribution in [0.3, 0.4) is 0 Å². The minimum Gasteiger partial charge on any atom is -0.493 e. The molecule has 3 aromatic carbocycles. The maximum Gasteiger partial charge on any atom is 0.271 e. The van der Waals surface area contributed by atoms with E-state index >= 15 is 0 Å². The van der Waals surface area contributed by atoms with E-state index in [1.54, 1.807) is 42.5 Å². The molecule has 0 fully saturated rings. The molecule has 10 heteroatoms. The summed E-state index contributed by atoms with van der Waals surface area (Å²) in [6.45, 7) is 3.97. The van der Waals surface area contributed by atoms with Crippen molar-refractivity contribution in [3.8, 4) is 23.0 Å². The van der Waals surface area contributed by atoms with E-state index in [0.29, 0.717) is 40.7 Å². The van der Waals surface area contributed by atoms with Crippen molar-refractivity contribution in [2.24, 2.45) is 5.10 Å². The van der Waals surface area contributed by atoms with Crippen molar-refractivity contribution in [3.63, 3.8) is 0 Å². The molecule has 0 saturated heterocycles. The van der Waals surface area contributed by atoms with Crippen LogP contribution in [0.5, 0.6) is 23.0 Å². The van der Waals surface area contributed by atoms with Gasteiger partial charge in [0.15, 0.2) is 29.6 Å². The van der Waals surface area contributed by atoms with Crippen LogP contribution in [0.1, 0.15) is 28.4 Å². The van der Waals surface area contributed by atoms with Gasteiger partial charge in [-0.05, 0) is 61.9 Å². The van der Waals surface area contributed by atoms with Crippen molar-refractivity contribution in [2.45, 2.75) is 13.8 Å². The number of nitrogens with zero attached hydrogens (tertiary/aromatic N) is 1. The van der Waals surface area contributed by atoms with E-state index in [1.165, 1.54) is 20.4 Å². The first-order valence-corrected chi connectivity index (χ1v) is 11.7. The SMILES string of the molecule is CCOc1cc(C(=O)N/N=C/c2cc(Cl)c(OCC(=O)Nc3ccc(C)cc3)c(OC)c2)ccc1OC. The monoisotopic (exact) mass is 525 g/mol. The second-order valence-corrected chi connectivity index (χ2v) is 8.14. The van der Waals surface area contributed by atoms with E-state index in [9.17, 15) is 9.59 Å². The largest absolute Gasteiger partial charge is 0.493 e. The molecular weight excluding hydrogens is 498 g/mol. The summed E-state index contributed by atoms with van der Waals surface area (Å²) >= 11 is 6.38. The third-order valence-corrected chi connectivity index (χ3v) is 5.32. The van der Waals surface area contributed by atoms with E-state index in [-0.39, 0.29) is 23.3 Å². The van der Waals surface area contributed by atoms with Crippen LogP contribution in [0, 0.1) is 6.92 Å². The van der Waals surface area contributed by atoms with Crippen molar-refractivity contribution < 1.29 is 28.5 Å². The topological polar surface area (TPSA) is 107 Å². The number of halogens is 1. The van der Waals surface area contributed by atoms with E-state index in [4.69, 9.17) is 30.5 Å². The molecule has 0 aliphatic rings. The van der Waals surface area contributed by atoms with Crippen LogP contribution in [0.2, 0.25) is 5.02 Å². The molecular formula is C27H28ClN3O6. The number of anilines is 1. The number of carbonyl (C=O) groups excluding carboxylic acids is 2. The van der Waals surface area contributed by atoms with Gasteiger partial charge in [-0.25, -0.2) is 5.43 Å². The Labute approximate surface area is 220 Å². The molecule has 37 heavy (non-hydrogen) atoms. The summed E-state index contributed by atoms with van der Waals surface area (Å²) in [7, 11) is 2.98. The highest BCUT2D eigenvalue weighted by atomic mass is 35.5. The number of benzene rings is 3. The second kappa shape index (κ2) is 13.2. The zero-order valence-electron chi connectivity index (χ0n) is 21.0. The van der Waals surface area contributed by atoms with Gasteiger partial charge in [0, 0.05) is 11.3 Å². The third-order valence-electron chi connectivity index (χ3n) is 5.04. The maximum absolute atomic E-state index is 12.5. The molecule has 0 atom stereocenters. The molecule has 0 heterocycles. The van der Waals surface area contributed by atoms with Gasteiger partial charge in [0.2, 0.25) is 0 Å². The van der Waals surface area contributed by atoms with Gasteiger partial charge in [0.05, 0.1) is 32.1 Å². The summed E-state index contributed by atoms with van der Waals surface area (Å²) < 4.78 is 21.7. The van der Waals surface area contributed by atoms with Crippen LogP contribution in [0.15, 0.2) is 59.7 Å². The highest BCUT2D eigenvalue weighted by Gasteiger charge is 2.14. The van der Waals surface area contributed by atoms with Crippen molar-refractivity contribution in [2.75, 3.05) is 32.8 Å². The van der Waals surface area contributed by atoms with Crippen LogP contribution >= 0.6 is 11.6 Å². The van der Waals surface area contributed by atoms with Crippen LogP contribution in [0.25, 0.3) is 0 Å². The number of hydrogen-bond donors (Lipinski definition) is 2. The lowest BCUT2D eigenvalue weighted by Crippen LogP contribution is -2.20. The van der Waals surface area contributed by atoms with Gasteiger partial charge in [-0.2, -0.15) is 5.10 Å². The molecule has 3 aromatic rings. The first-order valence-electron chi connectivity index (χ1n) is 11.4. The van der Waals surface area contributed by atoms with E-state index < -0.39 is 5.91 Å². The Morgan fingerprint density at radius 2 is 1.68 bits per heavy atom. The number of ether oxygens (including phenoxy) is 4. The van der Waals surface area contributed by atoms with Crippen LogP contribution in [-0.4, -0.2) is 45.5 Å². The Morgan fingerprint density at radius 3 is 2.35 bits per heavy atom. The molecule has 0 unspecified atom stereocenters. The third kappa shape index (κ3) is 7.62. The molecule has 0 saturated carbocycles. The van der Waals surface area contributed by atoms with Gasteiger partial charge in [-0.15, -0.1) is 0 Å². The summed E-state index contributed by atoms with van der Waals surface area (Å²) in [5.41, 5.74) is 5.10. The lowest BCUT2D eigenvalue weighted by atomic mass is 10.2. The predicted octanol–water partition coefficient (Wildman–Crippen LogP) is 4.85. The molecule has 0 bridgehead atoms. The van der Waals surface area contributed by atoms with Gasteiger partial charge in [-0.1, -0.05) is 29.3 Å². The zero-order valence-corrected chi connectivity index (χ0v) is 21.7. The standard InChI is InChI=1S/C27H28ClN3O6/c1-5-36-23-14-19(8-11-22(23)34-3)27(33)31-29-15-18-12-21(28)26(24(13-18)35-4)37-16-25(32)30-20-9-6-17(2)7-10-20/h6-15H,5,16H2,1-4H3,(H,30,32)(H,31,33)/b29-15+. The van der Waals surface area contributed by atoms with Crippen LogP contribution in [-0.2, 0) is 4.79 Å². The molecule has 0 aliphatic heterocycles. The Kier molecular flexibility index (Phi) is 9.74. The number of amides is 2. The summed E-state index contributed by atoms with van der Waals surface area (Å²) in [5, 5.41) is 6.96. The van der Waals surface area contributed by atoms with E-state index in [2.05, 4.69) is 15.8 Å². The first kappa shape index (κ1) is 27.3. The quantitative estimate of drug-likeness (QED) is 0.274. The van der Waals surface area contributed by atoms with E-state index in [0.717, 1.165) is 5.56 Å². The molecule has 194 valence electrons. The average molecular weight is 526 g/mol. The minimum atomic E-state index is -0.433. The molecule has 0 aromatic heterocycles. The average Bonchev–Trinajstić information content (AvgIpc) is 2.89. The lowest BCUT2D eigenvalue weighted by molar-refractivity contribution is -0.118. The fourth-order valence-corrected chi connectivity index (χ4v) is 3.52. The van der Waals surface area contributed by atoms with E-state index in [1.807, 2.05) is 26.0 Å². The highest BCUT2D eigenvalue weighted by Crippen LogP contribution is 2.36. The fraction of sp³-hybridized carbons (Fsp3) is 0.222. The predicted molar refractivity (Wildman–Crippen MR) is 143 cm³/mol.